The molecule has 1 spiro atoms. The number of carbonyl (C=O) groups is 1. The van der Waals surface area contributed by atoms with Crippen LogP contribution in [0.2, 0.25) is 0 Å². The highest BCUT2D eigenvalue weighted by Crippen LogP contribution is 2.57. The molecule has 2 aliphatic rings. The number of rotatable bonds is 5. The van der Waals surface area contributed by atoms with Crippen LogP contribution in [0.25, 0.3) is 11.1 Å². The smallest absolute Gasteiger partial charge is 0.407 e. The molecule has 30 heavy (non-hydrogen) atoms. The number of amides is 1. The van der Waals surface area contributed by atoms with E-state index in [4.69, 9.17) is 4.74 Å². The first-order valence-electron chi connectivity index (χ1n) is 10.3. The maximum Gasteiger partial charge on any atom is 0.407 e. The summed E-state index contributed by atoms with van der Waals surface area (Å²) in [5.41, 5.74) is 4.13. The van der Waals surface area contributed by atoms with Crippen molar-refractivity contribution >= 4 is 15.9 Å². The zero-order valence-electron chi connectivity index (χ0n) is 17.9. The highest BCUT2D eigenvalue weighted by Gasteiger charge is 2.59. The van der Waals surface area contributed by atoms with E-state index in [1.165, 1.54) is 17.4 Å². The van der Waals surface area contributed by atoms with Gasteiger partial charge in [-0.3, -0.25) is 4.68 Å². The lowest BCUT2D eigenvalue weighted by molar-refractivity contribution is 0.0519. The Bertz CT molecular complexity index is 1080. The monoisotopic (exact) mass is 431 g/mol. The quantitative estimate of drug-likeness (QED) is 0.786. The average molecular weight is 432 g/mol. The van der Waals surface area contributed by atoms with Crippen LogP contribution in [0.1, 0.15) is 44.7 Å². The van der Waals surface area contributed by atoms with Gasteiger partial charge in [0.05, 0.1) is 18.5 Å². The molecular formula is C22H29N3O4S. The van der Waals surface area contributed by atoms with Gasteiger partial charge in [-0.15, -0.1) is 0 Å². The molecule has 2 unspecified atom stereocenters. The number of carbonyl (C=O) groups excluding carboxylic acids is 1. The van der Waals surface area contributed by atoms with Crippen LogP contribution in [0.4, 0.5) is 4.79 Å². The van der Waals surface area contributed by atoms with Gasteiger partial charge < -0.3 is 10.1 Å². The molecule has 1 aromatic heterocycles. The first kappa shape index (κ1) is 20.9. The van der Waals surface area contributed by atoms with Crippen LogP contribution < -0.4 is 5.32 Å². The molecule has 2 aromatic rings. The second-order valence-corrected chi connectivity index (χ2v) is 11.8. The van der Waals surface area contributed by atoms with Crippen LogP contribution in [-0.2, 0) is 33.0 Å². The van der Waals surface area contributed by atoms with E-state index < -0.39 is 15.4 Å². The first-order valence-corrected chi connectivity index (χ1v) is 12.3. The van der Waals surface area contributed by atoms with Gasteiger partial charge in [0.1, 0.15) is 15.4 Å². The predicted molar refractivity (Wildman–Crippen MR) is 115 cm³/mol. The van der Waals surface area contributed by atoms with E-state index in [0.29, 0.717) is 6.54 Å². The fourth-order valence-corrected chi connectivity index (χ4v) is 4.86. The van der Waals surface area contributed by atoms with E-state index in [1.807, 2.05) is 27.0 Å². The number of ether oxygens (including phenoxy) is 1. The lowest BCUT2D eigenvalue weighted by Crippen LogP contribution is -2.36. The third-order valence-electron chi connectivity index (χ3n) is 5.91. The van der Waals surface area contributed by atoms with Crippen molar-refractivity contribution in [2.45, 2.75) is 63.6 Å². The van der Waals surface area contributed by atoms with E-state index in [2.05, 4.69) is 28.6 Å². The van der Waals surface area contributed by atoms with Crippen molar-refractivity contribution in [1.82, 2.24) is 15.1 Å². The van der Waals surface area contributed by atoms with Gasteiger partial charge >= 0.3 is 6.09 Å². The summed E-state index contributed by atoms with van der Waals surface area (Å²) in [4.78, 5) is 12.2. The van der Waals surface area contributed by atoms with Gasteiger partial charge in [0.15, 0.2) is 0 Å². The number of hydrogen-bond donors (Lipinski definition) is 1. The van der Waals surface area contributed by atoms with Crippen LogP contribution in [-0.4, -0.2) is 47.9 Å². The van der Waals surface area contributed by atoms with E-state index in [9.17, 15) is 13.2 Å². The molecule has 1 amide bonds. The number of fused-ring (bicyclic) bond motifs is 2. The highest BCUT2D eigenvalue weighted by atomic mass is 32.2. The molecule has 162 valence electrons. The third-order valence-corrected chi connectivity index (χ3v) is 6.83. The number of nitrogens with one attached hydrogen (secondary N) is 1. The fraction of sp³-hybridized carbons (Fsp3) is 0.545. The maximum atomic E-state index is 12.2. The van der Waals surface area contributed by atoms with Crippen molar-refractivity contribution in [3.05, 3.63) is 41.7 Å². The molecule has 4 rings (SSSR count). The van der Waals surface area contributed by atoms with Crippen molar-refractivity contribution in [2.75, 3.05) is 12.0 Å². The Kier molecular flexibility index (Phi) is 4.96. The molecule has 0 saturated heterocycles. The number of aryl methyl sites for hydroxylation is 2. The Hall–Kier alpha value is -2.35. The zero-order chi connectivity index (χ0) is 21.7. The first-order chi connectivity index (χ1) is 14.0. The molecule has 1 N–H and O–H groups in total. The third kappa shape index (κ3) is 4.38. The lowest BCUT2D eigenvalue weighted by Gasteiger charge is -2.20. The minimum absolute atomic E-state index is 0.00543. The number of nitrogens with zero attached hydrogens (tertiary/aromatic N) is 2. The van der Waals surface area contributed by atoms with Crippen molar-refractivity contribution in [3.63, 3.8) is 0 Å². The zero-order valence-corrected chi connectivity index (χ0v) is 18.8. The van der Waals surface area contributed by atoms with Crippen LogP contribution in [0.15, 0.2) is 30.6 Å². The fourth-order valence-electron chi connectivity index (χ4n) is 4.34. The molecule has 8 heteroatoms. The Morgan fingerprint density at radius 2 is 2.10 bits per heavy atom. The number of alkyl carbamates (subject to hydrolysis) is 1. The molecule has 0 radical (unpaired) electrons. The number of sulfone groups is 1. The van der Waals surface area contributed by atoms with Gasteiger partial charge in [0.2, 0.25) is 0 Å². The van der Waals surface area contributed by atoms with Gasteiger partial charge in [0, 0.05) is 29.5 Å². The number of aromatic nitrogens is 2. The summed E-state index contributed by atoms with van der Waals surface area (Å²) in [6, 6.07) is 6.56. The van der Waals surface area contributed by atoms with Gasteiger partial charge in [-0.2, -0.15) is 5.10 Å². The van der Waals surface area contributed by atoms with E-state index in [1.54, 1.807) is 10.9 Å². The number of hydrogen-bond acceptors (Lipinski definition) is 5. The largest absolute Gasteiger partial charge is 0.444 e. The van der Waals surface area contributed by atoms with Crippen molar-refractivity contribution in [2.24, 2.45) is 0 Å². The molecule has 1 aromatic carbocycles. The molecule has 1 heterocycles. The highest BCUT2D eigenvalue weighted by molar-refractivity contribution is 7.90. The van der Waals surface area contributed by atoms with Crippen LogP contribution in [0.5, 0.6) is 0 Å². The second kappa shape index (κ2) is 7.11. The summed E-state index contributed by atoms with van der Waals surface area (Å²) in [7, 11) is -3.03. The molecule has 2 atom stereocenters. The van der Waals surface area contributed by atoms with Crippen LogP contribution >= 0.6 is 0 Å². The summed E-state index contributed by atoms with van der Waals surface area (Å²) in [5, 5.41) is 7.35. The average Bonchev–Trinajstić information content (AvgIpc) is 2.98. The second-order valence-electron chi connectivity index (χ2n) is 9.55. The molecule has 1 saturated carbocycles. The Balaban J connectivity index is 1.50. The topological polar surface area (TPSA) is 90.3 Å². The van der Waals surface area contributed by atoms with Crippen molar-refractivity contribution in [3.8, 4) is 11.1 Å². The predicted octanol–water partition coefficient (Wildman–Crippen LogP) is 3.08. The van der Waals surface area contributed by atoms with Crippen molar-refractivity contribution in [1.29, 1.82) is 0 Å². The Morgan fingerprint density at radius 3 is 2.80 bits per heavy atom. The maximum absolute atomic E-state index is 12.2. The molecule has 7 nitrogen and oxygen atoms in total. The van der Waals surface area contributed by atoms with Crippen molar-refractivity contribution < 1.29 is 17.9 Å². The van der Waals surface area contributed by atoms with E-state index in [-0.39, 0.29) is 23.3 Å². The summed E-state index contributed by atoms with van der Waals surface area (Å²) >= 11 is 0. The van der Waals surface area contributed by atoms with Crippen LogP contribution in [0.3, 0.4) is 0 Å². The SMILES string of the molecule is CC(C)(C)OC(=O)NC1CC12CCc1ccc(-c3cnn(CCS(C)(=O)=O)c3)cc12. The molecule has 2 aliphatic carbocycles. The van der Waals surface area contributed by atoms with E-state index >= 15 is 0 Å². The number of benzene rings is 1. The summed E-state index contributed by atoms with van der Waals surface area (Å²) < 4.78 is 29.9. The van der Waals surface area contributed by atoms with Gasteiger partial charge in [-0.25, -0.2) is 13.2 Å². The minimum atomic E-state index is -3.03. The molecule has 0 aliphatic heterocycles. The lowest BCUT2D eigenvalue weighted by atomic mass is 9.94. The Labute approximate surface area is 177 Å². The minimum Gasteiger partial charge on any atom is -0.444 e. The summed E-state index contributed by atoms with van der Waals surface area (Å²) in [5.74, 6) is 0.0689. The van der Waals surface area contributed by atoms with Gasteiger partial charge in [-0.1, -0.05) is 18.2 Å². The normalized spacial score (nSPS) is 22.7. The molecular weight excluding hydrogens is 402 g/mol. The summed E-state index contributed by atoms with van der Waals surface area (Å²) in [6.45, 7) is 5.93. The molecule has 1 fully saturated rings. The van der Waals surface area contributed by atoms with Crippen LogP contribution in [0, 0.1) is 0 Å². The van der Waals surface area contributed by atoms with Gasteiger partial charge in [-0.05, 0) is 56.7 Å². The Morgan fingerprint density at radius 1 is 1.33 bits per heavy atom. The van der Waals surface area contributed by atoms with E-state index in [0.717, 1.165) is 30.4 Å². The molecule has 0 bridgehead atoms. The van der Waals surface area contributed by atoms with Gasteiger partial charge in [0.25, 0.3) is 0 Å². The summed E-state index contributed by atoms with van der Waals surface area (Å²) in [6.07, 6.45) is 7.49. The standard InChI is InChI=1S/C22H29N3O4S/c1-21(2,3)29-20(26)24-19-12-22(19)8-7-15-5-6-16(11-18(15)22)17-13-23-25(14-17)9-10-30(4,27)28/h5-6,11,13-14,19H,7-10,12H2,1-4H3,(H,24,26).